The predicted molar refractivity (Wildman–Crippen MR) is 123 cm³/mol. The number of amides is 1. The van der Waals surface area contributed by atoms with Gasteiger partial charge >= 0.3 is 0 Å². The molecule has 5 nitrogen and oxygen atoms in total. The van der Waals surface area contributed by atoms with Gasteiger partial charge in [-0.2, -0.15) is 0 Å². The summed E-state index contributed by atoms with van der Waals surface area (Å²) in [6.07, 6.45) is 0. The van der Waals surface area contributed by atoms with Crippen LogP contribution in [0, 0.1) is 5.82 Å². The SMILES string of the molecule is O=C(CSc1nc2ccccc2c(=O)n1-c1ccc(F)c(Cl)c1)Nc1ccccc1Cl. The molecule has 0 radical (unpaired) electrons. The molecule has 156 valence electrons. The fourth-order valence-electron chi connectivity index (χ4n) is 2.94. The zero-order chi connectivity index (χ0) is 22.0. The quantitative estimate of drug-likeness (QED) is 0.304. The molecule has 4 rings (SSSR count). The van der Waals surface area contributed by atoms with E-state index in [0.29, 0.717) is 27.3 Å². The number of anilines is 1. The van der Waals surface area contributed by atoms with E-state index in [1.165, 1.54) is 22.8 Å². The molecule has 3 aromatic carbocycles. The van der Waals surface area contributed by atoms with E-state index in [2.05, 4.69) is 10.3 Å². The molecule has 1 heterocycles. The number of carbonyl (C=O) groups excluding carboxylic acids is 1. The van der Waals surface area contributed by atoms with Crippen LogP contribution in [0.1, 0.15) is 0 Å². The Labute approximate surface area is 190 Å². The molecule has 1 N–H and O–H groups in total. The topological polar surface area (TPSA) is 64.0 Å². The minimum atomic E-state index is -0.597. The maximum absolute atomic E-state index is 13.7. The second kappa shape index (κ2) is 9.09. The highest BCUT2D eigenvalue weighted by molar-refractivity contribution is 7.99. The first-order chi connectivity index (χ1) is 14.9. The van der Waals surface area contributed by atoms with Crippen LogP contribution in [0.4, 0.5) is 10.1 Å². The Morgan fingerprint density at radius 2 is 1.77 bits per heavy atom. The number of hydrogen-bond acceptors (Lipinski definition) is 4. The lowest BCUT2D eigenvalue weighted by molar-refractivity contribution is -0.113. The maximum atomic E-state index is 13.7. The van der Waals surface area contributed by atoms with Crippen LogP contribution >= 0.6 is 35.0 Å². The molecule has 31 heavy (non-hydrogen) atoms. The molecule has 0 atom stereocenters. The first kappa shape index (κ1) is 21.4. The first-order valence-electron chi connectivity index (χ1n) is 9.08. The molecule has 4 aromatic rings. The van der Waals surface area contributed by atoms with E-state index < -0.39 is 5.82 Å². The molecule has 0 saturated heterocycles. The van der Waals surface area contributed by atoms with Crippen molar-refractivity contribution in [3.63, 3.8) is 0 Å². The molecule has 1 amide bonds. The third kappa shape index (κ3) is 4.58. The third-order valence-corrected chi connectivity index (χ3v) is 5.94. The molecule has 0 saturated carbocycles. The number of para-hydroxylation sites is 2. The van der Waals surface area contributed by atoms with Crippen LogP contribution < -0.4 is 10.9 Å². The number of benzene rings is 3. The zero-order valence-corrected chi connectivity index (χ0v) is 18.1. The van der Waals surface area contributed by atoms with Crippen LogP contribution in [0.3, 0.4) is 0 Å². The van der Waals surface area contributed by atoms with Gasteiger partial charge in [0.25, 0.3) is 5.56 Å². The van der Waals surface area contributed by atoms with Gasteiger partial charge in [-0.1, -0.05) is 59.2 Å². The zero-order valence-electron chi connectivity index (χ0n) is 15.8. The second-order valence-electron chi connectivity index (χ2n) is 6.47. The minimum Gasteiger partial charge on any atom is -0.324 e. The fourth-order valence-corrected chi connectivity index (χ4v) is 4.11. The molecule has 0 aliphatic carbocycles. The molecule has 0 fully saturated rings. The van der Waals surface area contributed by atoms with Gasteiger partial charge in [0, 0.05) is 0 Å². The van der Waals surface area contributed by atoms with Crippen LogP contribution in [0.25, 0.3) is 16.6 Å². The largest absolute Gasteiger partial charge is 0.324 e. The van der Waals surface area contributed by atoms with E-state index in [1.807, 2.05) is 0 Å². The highest BCUT2D eigenvalue weighted by Gasteiger charge is 2.16. The number of rotatable bonds is 5. The predicted octanol–water partition coefficient (Wildman–Crippen LogP) is 5.56. The number of nitrogens with zero attached hydrogens (tertiary/aromatic N) is 2. The Hall–Kier alpha value is -2.87. The number of thioether (sulfide) groups is 1. The summed E-state index contributed by atoms with van der Waals surface area (Å²) in [6, 6.07) is 17.7. The summed E-state index contributed by atoms with van der Waals surface area (Å²) in [7, 11) is 0. The summed E-state index contributed by atoms with van der Waals surface area (Å²) in [5.74, 6) is -0.935. The lowest BCUT2D eigenvalue weighted by atomic mass is 10.2. The fraction of sp³-hybridized carbons (Fsp3) is 0.0455. The van der Waals surface area contributed by atoms with E-state index in [1.54, 1.807) is 48.5 Å². The Morgan fingerprint density at radius 1 is 1.03 bits per heavy atom. The third-order valence-electron chi connectivity index (χ3n) is 4.39. The van der Waals surface area contributed by atoms with Gasteiger partial charge in [-0.05, 0) is 42.5 Å². The van der Waals surface area contributed by atoms with Gasteiger partial charge in [0.1, 0.15) is 5.82 Å². The molecule has 1 aromatic heterocycles. The lowest BCUT2D eigenvalue weighted by Gasteiger charge is -2.14. The molecule has 9 heteroatoms. The Bertz CT molecular complexity index is 1360. The summed E-state index contributed by atoms with van der Waals surface area (Å²) in [5.41, 5.74) is 0.987. The van der Waals surface area contributed by atoms with Crippen molar-refractivity contribution < 1.29 is 9.18 Å². The van der Waals surface area contributed by atoms with Crippen molar-refractivity contribution >= 4 is 57.5 Å². The van der Waals surface area contributed by atoms with Gasteiger partial charge in [-0.15, -0.1) is 0 Å². The highest BCUT2D eigenvalue weighted by Crippen LogP contribution is 2.25. The second-order valence-corrected chi connectivity index (χ2v) is 8.22. The average molecular weight is 474 g/mol. The summed E-state index contributed by atoms with van der Waals surface area (Å²) in [4.78, 5) is 30.2. The maximum Gasteiger partial charge on any atom is 0.266 e. The lowest BCUT2D eigenvalue weighted by Crippen LogP contribution is -2.23. The summed E-state index contributed by atoms with van der Waals surface area (Å²) >= 11 is 13.1. The van der Waals surface area contributed by atoms with Crippen LogP contribution in [0.15, 0.2) is 76.7 Å². The van der Waals surface area contributed by atoms with Gasteiger partial charge in [0.15, 0.2) is 5.16 Å². The van der Waals surface area contributed by atoms with Gasteiger partial charge in [-0.25, -0.2) is 9.37 Å². The molecular formula is C22H14Cl2FN3O2S. The number of fused-ring (bicyclic) bond motifs is 1. The molecule has 0 unspecified atom stereocenters. The van der Waals surface area contributed by atoms with Gasteiger partial charge in [0.2, 0.25) is 5.91 Å². The number of carbonyl (C=O) groups is 1. The molecule has 0 bridgehead atoms. The molecular weight excluding hydrogens is 460 g/mol. The highest BCUT2D eigenvalue weighted by atomic mass is 35.5. The van der Waals surface area contributed by atoms with E-state index in [4.69, 9.17) is 23.2 Å². The van der Waals surface area contributed by atoms with Crippen LogP contribution in [-0.2, 0) is 4.79 Å². The van der Waals surface area contributed by atoms with Crippen molar-refractivity contribution in [2.45, 2.75) is 5.16 Å². The summed E-state index contributed by atoms with van der Waals surface area (Å²) in [6.45, 7) is 0. The van der Waals surface area contributed by atoms with Crippen molar-refractivity contribution in [3.05, 3.63) is 92.9 Å². The van der Waals surface area contributed by atoms with Crippen LogP contribution in [0.2, 0.25) is 10.0 Å². The summed E-state index contributed by atoms with van der Waals surface area (Å²) in [5, 5.41) is 3.70. The van der Waals surface area contributed by atoms with Gasteiger partial charge in [-0.3, -0.25) is 14.2 Å². The molecule has 0 spiro atoms. The molecule has 0 aliphatic rings. The summed E-state index contributed by atoms with van der Waals surface area (Å²) < 4.78 is 15.0. The average Bonchev–Trinajstić information content (AvgIpc) is 2.76. The van der Waals surface area contributed by atoms with Crippen molar-refractivity contribution in [2.24, 2.45) is 0 Å². The van der Waals surface area contributed by atoms with Crippen LogP contribution in [-0.4, -0.2) is 21.2 Å². The number of aromatic nitrogens is 2. The van der Waals surface area contributed by atoms with E-state index in [9.17, 15) is 14.0 Å². The number of halogens is 3. The van der Waals surface area contributed by atoms with E-state index >= 15 is 0 Å². The van der Waals surface area contributed by atoms with E-state index in [0.717, 1.165) is 11.8 Å². The Morgan fingerprint density at radius 3 is 2.55 bits per heavy atom. The van der Waals surface area contributed by atoms with Crippen molar-refractivity contribution in [3.8, 4) is 5.69 Å². The van der Waals surface area contributed by atoms with Gasteiger partial charge in [0.05, 0.1) is 38.1 Å². The standard InChI is InChI=1S/C22H14Cl2FN3O2S/c23-15-6-2-4-8-19(15)26-20(29)12-31-22-27-18-7-3-1-5-14(18)21(30)28(22)13-9-10-17(25)16(24)11-13/h1-11H,12H2,(H,26,29). The van der Waals surface area contributed by atoms with E-state index in [-0.39, 0.29) is 27.4 Å². The first-order valence-corrected chi connectivity index (χ1v) is 10.8. The van der Waals surface area contributed by atoms with Crippen LogP contribution in [0.5, 0.6) is 0 Å². The minimum absolute atomic E-state index is 0.0229. The van der Waals surface area contributed by atoms with Crippen molar-refractivity contribution in [1.82, 2.24) is 9.55 Å². The normalized spacial score (nSPS) is 10.9. The smallest absolute Gasteiger partial charge is 0.266 e. The number of nitrogens with one attached hydrogen (secondary N) is 1. The monoisotopic (exact) mass is 473 g/mol. The van der Waals surface area contributed by atoms with Gasteiger partial charge < -0.3 is 5.32 Å². The molecule has 0 aliphatic heterocycles. The van der Waals surface area contributed by atoms with Crippen molar-refractivity contribution in [1.29, 1.82) is 0 Å². The Kier molecular flexibility index (Phi) is 6.27. The Balaban J connectivity index is 1.70. The number of hydrogen-bond donors (Lipinski definition) is 1. The van der Waals surface area contributed by atoms with Crippen molar-refractivity contribution in [2.75, 3.05) is 11.1 Å².